The monoisotopic (exact) mass is 267 g/mol. The molecule has 1 saturated heterocycles. The number of hydrogen-bond donors (Lipinski definition) is 2. The maximum atomic E-state index is 11.9. The summed E-state index contributed by atoms with van der Waals surface area (Å²) < 4.78 is 0. The smallest absolute Gasteiger partial charge is 0.270 e. The Morgan fingerprint density at radius 1 is 1.50 bits per heavy atom. The van der Waals surface area contributed by atoms with Crippen LogP contribution in [-0.4, -0.2) is 29.4 Å². The Hall–Kier alpha value is -1.62. The number of pyridine rings is 1. The maximum Gasteiger partial charge on any atom is 0.270 e. The van der Waals surface area contributed by atoms with E-state index in [1.54, 1.807) is 6.07 Å². The molecule has 0 spiro atoms. The minimum absolute atomic E-state index is 0.136. The maximum absolute atomic E-state index is 11.9. The zero-order valence-corrected chi connectivity index (χ0v) is 10.5. The van der Waals surface area contributed by atoms with E-state index in [2.05, 4.69) is 15.6 Å². The lowest BCUT2D eigenvalue weighted by molar-refractivity contribution is -0.122. The summed E-state index contributed by atoms with van der Waals surface area (Å²) in [6.07, 6.45) is 3.96. The molecular formula is C12H14ClN3O2. The van der Waals surface area contributed by atoms with Gasteiger partial charge < -0.3 is 10.6 Å². The van der Waals surface area contributed by atoms with Crippen molar-refractivity contribution in [2.24, 2.45) is 0 Å². The van der Waals surface area contributed by atoms with Crippen molar-refractivity contribution in [1.82, 2.24) is 15.6 Å². The van der Waals surface area contributed by atoms with E-state index >= 15 is 0 Å². The highest BCUT2D eigenvalue weighted by molar-refractivity contribution is 6.30. The van der Waals surface area contributed by atoms with Crippen LogP contribution < -0.4 is 10.6 Å². The van der Waals surface area contributed by atoms with Gasteiger partial charge in [-0.05, 0) is 31.4 Å². The number of amides is 2. The Balaban J connectivity index is 2.04. The summed E-state index contributed by atoms with van der Waals surface area (Å²) in [6.45, 7) is 0.667. The zero-order valence-electron chi connectivity index (χ0n) is 9.78. The number of carbonyl (C=O) groups excluding carboxylic acids is 2. The molecule has 6 heteroatoms. The van der Waals surface area contributed by atoms with Crippen molar-refractivity contribution in [2.45, 2.75) is 25.3 Å². The van der Waals surface area contributed by atoms with Crippen LogP contribution in [0.25, 0.3) is 0 Å². The molecule has 1 aliphatic heterocycles. The number of hydrogen-bond acceptors (Lipinski definition) is 3. The van der Waals surface area contributed by atoms with E-state index in [0.29, 0.717) is 18.0 Å². The molecule has 1 fully saturated rings. The van der Waals surface area contributed by atoms with E-state index in [1.807, 2.05) is 0 Å². The van der Waals surface area contributed by atoms with Gasteiger partial charge >= 0.3 is 0 Å². The van der Waals surface area contributed by atoms with Gasteiger partial charge in [-0.1, -0.05) is 11.6 Å². The molecule has 0 radical (unpaired) electrons. The van der Waals surface area contributed by atoms with E-state index in [1.165, 1.54) is 12.3 Å². The standard InChI is InChI=1S/C12H14ClN3O2/c13-8-4-6-14-10(7-8)12(18)16-9-3-1-2-5-15-11(9)17/h4,6-7,9H,1-3,5H2,(H,15,17)(H,16,18)/t9-/m0/s1. The van der Waals surface area contributed by atoms with Gasteiger partial charge in [0.15, 0.2) is 0 Å². The van der Waals surface area contributed by atoms with E-state index in [9.17, 15) is 9.59 Å². The van der Waals surface area contributed by atoms with Crippen LogP contribution in [0.4, 0.5) is 0 Å². The highest BCUT2D eigenvalue weighted by atomic mass is 35.5. The number of carbonyl (C=O) groups is 2. The number of aromatic nitrogens is 1. The summed E-state index contributed by atoms with van der Waals surface area (Å²) in [7, 11) is 0. The third-order valence-corrected chi connectivity index (χ3v) is 3.03. The summed E-state index contributed by atoms with van der Waals surface area (Å²) in [4.78, 5) is 27.5. The van der Waals surface area contributed by atoms with Gasteiger partial charge in [0.25, 0.3) is 5.91 Å². The first-order valence-corrected chi connectivity index (χ1v) is 6.25. The molecule has 1 aromatic rings. The average molecular weight is 268 g/mol. The second-order valence-corrected chi connectivity index (χ2v) is 4.61. The largest absolute Gasteiger partial charge is 0.354 e. The Labute approximate surface area is 110 Å². The fourth-order valence-corrected chi connectivity index (χ4v) is 2.00. The summed E-state index contributed by atoms with van der Waals surface area (Å²) >= 11 is 5.79. The predicted molar refractivity (Wildman–Crippen MR) is 67.4 cm³/mol. The van der Waals surface area contributed by atoms with Crippen LogP contribution in [0.3, 0.4) is 0 Å². The van der Waals surface area contributed by atoms with Gasteiger partial charge in [0.1, 0.15) is 11.7 Å². The minimum atomic E-state index is -0.485. The molecule has 5 nitrogen and oxygen atoms in total. The highest BCUT2D eigenvalue weighted by Gasteiger charge is 2.23. The van der Waals surface area contributed by atoms with Crippen LogP contribution in [0.15, 0.2) is 18.3 Å². The predicted octanol–water partition coefficient (Wildman–Crippen LogP) is 1.13. The molecule has 1 atom stereocenters. The summed E-state index contributed by atoms with van der Waals surface area (Å²) in [5, 5.41) is 5.89. The van der Waals surface area contributed by atoms with Gasteiger partial charge in [-0.15, -0.1) is 0 Å². The minimum Gasteiger partial charge on any atom is -0.354 e. The Morgan fingerprint density at radius 3 is 3.11 bits per heavy atom. The van der Waals surface area contributed by atoms with E-state index in [-0.39, 0.29) is 17.5 Å². The molecule has 96 valence electrons. The Kier molecular flexibility index (Phi) is 4.15. The second-order valence-electron chi connectivity index (χ2n) is 4.17. The first kappa shape index (κ1) is 12.8. The molecule has 0 unspecified atom stereocenters. The number of nitrogens with one attached hydrogen (secondary N) is 2. The number of rotatable bonds is 2. The first-order chi connectivity index (χ1) is 8.66. The molecule has 0 saturated carbocycles. The molecule has 2 rings (SSSR count). The lowest BCUT2D eigenvalue weighted by atomic mass is 10.1. The molecule has 2 N–H and O–H groups in total. The van der Waals surface area contributed by atoms with Crippen molar-refractivity contribution in [3.8, 4) is 0 Å². The van der Waals surface area contributed by atoms with Crippen molar-refractivity contribution in [3.05, 3.63) is 29.0 Å². The average Bonchev–Trinajstić information content (AvgIpc) is 2.55. The molecule has 2 amide bonds. The lowest BCUT2D eigenvalue weighted by Crippen LogP contribution is -2.45. The highest BCUT2D eigenvalue weighted by Crippen LogP contribution is 2.10. The zero-order chi connectivity index (χ0) is 13.0. The van der Waals surface area contributed by atoms with Gasteiger partial charge in [-0.3, -0.25) is 14.6 Å². The Morgan fingerprint density at radius 2 is 2.33 bits per heavy atom. The van der Waals surface area contributed by atoms with Crippen LogP contribution in [0.5, 0.6) is 0 Å². The SMILES string of the molecule is O=C(N[C@H]1CCCCNC1=O)c1cc(Cl)ccn1. The number of halogens is 1. The fraction of sp³-hybridized carbons (Fsp3) is 0.417. The summed E-state index contributed by atoms with van der Waals surface area (Å²) in [5.41, 5.74) is 0.222. The fourth-order valence-electron chi connectivity index (χ4n) is 1.84. The van der Waals surface area contributed by atoms with Crippen molar-refractivity contribution in [1.29, 1.82) is 0 Å². The molecule has 0 bridgehead atoms. The van der Waals surface area contributed by atoms with Crippen molar-refractivity contribution >= 4 is 23.4 Å². The molecule has 2 heterocycles. The second kappa shape index (κ2) is 5.82. The topological polar surface area (TPSA) is 71.1 Å². The van der Waals surface area contributed by atoms with Crippen molar-refractivity contribution in [2.75, 3.05) is 6.54 Å². The number of nitrogens with zero attached hydrogens (tertiary/aromatic N) is 1. The molecular weight excluding hydrogens is 254 g/mol. The molecule has 1 aromatic heterocycles. The van der Waals surface area contributed by atoms with Gasteiger partial charge in [-0.25, -0.2) is 0 Å². The van der Waals surface area contributed by atoms with Crippen LogP contribution >= 0.6 is 11.6 Å². The van der Waals surface area contributed by atoms with Crippen molar-refractivity contribution < 1.29 is 9.59 Å². The quantitative estimate of drug-likeness (QED) is 0.844. The molecule has 1 aliphatic rings. The van der Waals surface area contributed by atoms with Gasteiger partial charge in [0.2, 0.25) is 5.91 Å². The molecule has 18 heavy (non-hydrogen) atoms. The summed E-state index contributed by atoms with van der Waals surface area (Å²) in [6, 6.07) is 2.59. The lowest BCUT2D eigenvalue weighted by Gasteiger charge is -2.14. The first-order valence-electron chi connectivity index (χ1n) is 5.87. The van der Waals surface area contributed by atoms with Gasteiger partial charge in [0, 0.05) is 17.8 Å². The van der Waals surface area contributed by atoms with Crippen molar-refractivity contribution in [3.63, 3.8) is 0 Å². The van der Waals surface area contributed by atoms with E-state index in [4.69, 9.17) is 11.6 Å². The van der Waals surface area contributed by atoms with Crippen LogP contribution in [0.1, 0.15) is 29.8 Å². The van der Waals surface area contributed by atoms with Gasteiger partial charge in [-0.2, -0.15) is 0 Å². The van der Waals surface area contributed by atoms with Crippen LogP contribution in [0, 0.1) is 0 Å². The Bertz CT molecular complexity index is 464. The third kappa shape index (κ3) is 3.20. The molecule has 0 aromatic carbocycles. The van der Waals surface area contributed by atoms with Crippen LogP contribution in [-0.2, 0) is 4.79 Å². The van der Waals surface area contributed by atoms with E-state index < -0.39 is 6.04 Å². The summed E-state index contributed by atoms with van der Waals surface area (Å²) in [5.74, 6) is -0.512. The molecule has 0 aliphatic carbocycles. The van der Waals surface area contributed by atoms with E-state index in [0.717, 1.165) is 12.8 Å². The van der Waals surface area contributed by atoms with Crippen LogP contribution in [0.2, 0.25) is 5.02 Å². The third-order valence-electron chi connectivity index (χ3n) is 2.80. The normalized spacial score (nSPS) is 19.8. The van der Waals surface area contributed by atoms with Gasteiger partial charge in [0.05, 0.1) is 0 Å².